The Labute approximate surface area is 174 Å². The second kappa shape index (κ2) is 9.89. The van der Waals surface area contributed by atoms with Crippen molar-refractivity contribution in [3.63, 3.8) is 0 Å². The van der Waals surface area contributed by atoms with E-state index in [2.05, 4.69) is 65.4 Å². The average Bonchev–Trinajstić information content (AvgIpc) is 2.74. The predicted octanol–water partition coefficient (Wildman–Crippen LogP) is 2.80. The first-order valence-corrected chi connectivity index (χ1v) is 11.3. The van der Waals surface area contributed by atoms with Crippen LogP contribution in [0.1, 0.15) is 37.5 Å². The van der Waals surface area contributed by atoms with Crippen LogP contribution in [0.2, 0.25) is 0 Å². The molecule has 0 aliphatic rings. The van der Waals surface area contributed by atoms with Crippen LogP contribution in [0.4, 0.5) is 0 Å². The Morgan fingerprint density at radius 1 is 0.966 bits per heavy atom. The van der Waals surface area contributed by atoms with Gasteiger partial charge in [0.15, 0.2) is 5.96 Å². The Morgan fingerprint density at radius 2 is 1.55 bits per heavy atom. The van der Waals surface area contributed by atoms with E-state index in [0.717, 1.165) is 18.5 Å². The zero-order valence-corrected chi connectivity index (χ0v) is 18.7. The fourth-order valence-electron chi connectivity index (χ4n) is 2.91. The van der Waals surface area contributed by atoms with Gasteiger partial charge < -0.3 is 10.6 Å². The molecule has 2 aromatic rings. The molecule has 0 aliphatic carbocycles. The van der Waals surface area contributed by atoms with Crippen molar-refractivity contribution in [2.45, 2.75) is 44.0 Å². The van der Waals surface area contributed by atoms with Crippen LogP contribution >= 0.6 is 0 Å². The first-order chi connectivity index (χ1) is 13.7. The Hall–Kier alpha value is -2.38. The average molecular weight is 417 g/mol. The summed E-state index contributed by atoms with van der Waals surface area (Å²) < 4.78 is 25.9. The molecule has 0 unspecified atom stereocenters. The molecular formula is C22H32N4O2S. The lowest BCUT2D eigenvalue weighted by Crippen LogP contribution is -2.43. The second-order valence-electron chi connectivity index (χ2n) is 7.57. The van der Waals surface area contributed by atoms with Gasteiger partial charge in [0.2, 0.25) is 10.0 Å². The molecule has 158 valence electrons. The molecule has 0 aromatic heterocycles. The Morgan fingerprint density at radius 3 is 2.07 bits per heavy atom. The molecule has 0 radical (unpaired) electrons. The number of benzene rings is 2. The van der Waals surface area contributed by atoms with Crippen molar-refractivity contribution in [3.8, 4) is 0 Å². The lowest BCUT2D eigenvalue weighted by Gasteiger charge is -2.27. The molecule has 0 bridgehead atoms. The number of sulfonamides is 1. The fourth-order valence-corrected chi connectivity index (χ4v) is 3.64. The van der Waals surface area contributed by atoms with E-state index in [-0.39, 0.29) is 10.3 Å². The largest absolute Gasteiger partial charge is 0.356 e. The fraction of sp³-hybridized carbons (Fsp3) is 0.409. The summed E-state index contributed by atoms with van der Waals surface area (Å²) >= 11 is 0. The highest BCUT2D eigenvalue weighted by molar-refractivity contribution is 7.89. The summed E-state index contributed by atoms with van der Waals surface area (Å²) in [6.07, 6.45) is 1.04. The van der Waals surface area contributed by atoms with E-state index in [1.54, 1.807) is 31.3 Å². The quantitative estimate of drug-likeness (QED) is 0.456. The second-order valence-corrected chi connectivity index (χ2v) is 9.45. The van der Waals surface area contributed by atoms with Crippen LogP contribution in [0.15, 0.2) is 58.4 Å². The Balaban J connectivity index is 1.93. The predicted molar refractivity (Wildman–Crippen MR) is 120 cm³/mol. The maximum atomic E-state index is 11.8. The smallest absolute Gasteiger partial charge is 0.240 e. The summed E-state index contributed by atoms with van der Waals surface area (Å²) in [6, 6.07) is 15.5. The molecule has 0 heterocycles. The van der Waals surface area contributed by atoms with Gasteiger partial charge >= 0.3 is 0 Å². The van der Waals surface area contributed by atoms with Crippen LogP contribution < -0.4 is 15.4 Å². The topological polar surface area (TPSA) is 82.6 Å². The summed E-state index contributed by atoms with van der Waals surface area (Å²) in [7, 11) is -0.273. The van der Waals surface area contributed by atoms with Gasteiger partial charge in [-0.05, 0) is 42.3 Å². The number of aliphatic imine (C=N–C) groups is 1. The standard InChI is InChI=1S/C22H32N4O2S/c1-6-17-7-11-19(12-8-17)22(2,3)16-26-21(23-4)25-15-18-9-13-20(14-10-18)29(27,28)24-5/h7-14,24H,6,15-16H2,1-5H3,(H2,23,25,26). The van der Waals surface area contributed by atoms with Gasteiger partial charge in [-0.2, -0.15) is 0 Å². The molecule has 0 atom stereocenters. The number of hydrogen-bond acceptors (Lipinski definition) is 3. The third kappa shape index (κ3) is 6.30. The first kappa shape index (κ1) is 22.9. The van der Waals surface area contributed by atoms with Gasteiger partial charge in [0.1, 0.15) is 0 Å². The third-order valence-electron chi connectivity index (χ3n) is 5.03. The van der Waals surface area contributed by atoms with Crippen LogP contribution in [-0.2, 0) is 28.4 Å². The summed E-state index contributed by atoms with van der Waals surface area (Å²) in [4.78, 5) is 4.54. The SMILES string of the molecule is CCc1ccc(C(C)(C)CNC(=NC)NCc2ccc(S(=O)(=O)NC)cc2)cc1. The van der Waals surface area contributed by atoms with Gasteiger partial charge in [-0.3, -0.25) is 4.99 Å². The van der Waals surface area contributed by atoms with Crippen molar-refractivity contribution in [1.82, 2.24) is 15.4 Å². The van der Waals surface area contributed by atoms with E-state index in [0.29, 0.717) is 12.5 Å². The lowest BCUT2D eigenvalue weighted by atomic mass is 9.84. The van der Waals surface area contributed by atoms with Crippen LogP contribution in [-0.4, -0.2) is 35.0 Å². The van der Waals surface area contributed by atoms with Crippen molar-refractivity contribution in [2.24, 2.45) is 4.99 Å². The summed E-state index contributed by atoms with van der Waals surface area (Å²) in [5.74, 6) is 0.704. The highest BCUT2D eigenvalue weighted by atomic mass is 32.2. The minimum atomic E-state index is -3.41. The van der Waals surface area contributed by atoms with Crippen LogP contribution in [0, 0.1) is 0 Å². The number of nitrogens with one attached hydrogen (secondary N) is 3. The number of hydrogen-bond donors (Lipinski definition) is 3. The van der Waals surface area contributed by atoms with Gasteiger partial charge in [-0.25, -0.2) is 13.1 Å². The zero-order valence-electron chi connectivity index (χ0n) is 17.9. The molecule has 6 nitrogen and oxygen atoms in total. The summed E-state index contributed by atoms with van der Waals surface area (Å²) in [6.45, 7) is 7.84. The van der Waals surface area contributed by atoms with Crippen molar-refractivity contribution in [3.05, 3.63) is 65.2 Å². The van der Waals surface area contributed by atoms with Gasteiger partial charge in [0.25, 0.3) is 0 Å². The van der Waals surface area contributed by atoms with E-state index >= 15 is 0 Å². The maximum Gasteiger partial charge on any atom is 0.240 e. The zero-order chi connectivity index (χ0) is 21.5. The van der Waals surface area contributed by atoms with Crippen molar-refractivity contribution in [2.75, 3.05) is 20.6 Å². The van der Waals surface area contributed by atoms with Crippen molar-refractivity contribution < 1.29 is 8.42 Å². The molecule has 0 saturated carbocycles. The van der Waals surface area contributed by atoms with Gasteiger partial charge in [0.05, 0.1) is 4.90 Å². The monoisotopic (exact) mass is 416 g/mol. The normalized spacial score (nSPS) is 12.7. The molecule has 0 spiro atoms. The molecular weight excluding hydrogens is 384 g/mol. The van der Waals surface area contributed by atoms with Crippen LogP contribution in [0.3, 0.4) is 0 Å². The highest BCUT2D eigenvalue weighted by Gasteiger charge is 2.21. The lowest BCUT2D eigenvalue weighted by molar-refractivity contribution is 0.508. The minimum absolute atomic E-state index is 0.0486. The molecule has 0 saturated heterocycles. The molecule has 0 aliphatic heterocycles. The highest BCUT2D eigenvalue weighted by Crippen LogP contribution is 2.22. The van der Waals surface area contributed by atoms with E-state index in [4.69, 9.17) is 0 Å². The van der Waals surface area contributed by atoms with E-state index in [1.165, 1.54) is 18.2 Å². The molecule has 2 aromatic carbocycles. The molecule has 29 heavy (non-hydrogen) atoms. The Kier molecular flexibility index (Phi) is 7.81. The van der Waals surface area contributed by atoms with Gasteiger partial charge in [-0.1, -0.05) is 57.2 Å². The molecule has 2 rings (SSSR count). The molecule has 0 fully saturated rings. The van der Waals surface area contributed by atoms with Crippen molar-refractivity contribution in [1.29, 1.82) is 0 Å². The minimum Gasteiger partial charge on any atom is -0.356 e. The third-order valence-corrected chi connectivity index (χ3v) is 6.46. The first-order valence-electron chi connectivity index (χ1n) is 9.78. The summed E-state index contributed by atoms with van der Waals surface area (Å²) in [5.41, 5.74) is 3.53. The van der Waals surface area contributed by atoms with E-state index < -0.39 is 10.0 Å². The molecule has 3 N–H and O–H groups in total. The van der Waals surface area contributed by atoms with E-state index in [1.807, 2.05) is 0 Å². The number of guanidine groups is 1. The maximum absolute atomic E-state index is 11.8. The summed E-state index contributed by atoms with van der Waals surface area (Å²) in [5, 5.41) is 6.66. The number of nitrogens with zero attached hydrogens (tertiary/aromatic N) is 1. The Bertz CT molecular complexity index is 918. The molecule has 7 heteroatoms. The van der Waals surface area contributed by atoms with Crippen LogP contribution in [0.5, 0.6) is 0 Å². The number of aryl methyl sites for hydroxylation is 1. The van der Waals surface area contributed by atoms with Crippen molar-refractivity contribution >= 4 is 16.0 Å². The number of rotatable bonds is 8. The van der Waals surface area contributed by atoms with Gasteiger partial charge in [-0.15, -0.1) is 0 Å². The van der Waals surface area contributed by atoms with Crippen LogP contribution in [0.25, 0.3) is 0 Å². The van der Waals surface area contributed by atoms with E-state index in [9.17, 15) is 8.42 Å². The molecule has 0 amide bonds. The van der Waals surface area contributed by atoms with Gasteiger partial charge in [0, 0.05) is 25.6 Å².